The first-order valence-electron chi connectivity index (χ1n) is 5.92. The Bertz CT molecular complexity index is 410. The van der Waals surface area contributed by atoms with Crippen molar-refractivity contribution in [1.29, 1.82) is 0 Å². The normalized spacial score (nSPS) is 27.4. The number of rotatable bonds is 0. The summed E-state index contributed by atoms with van der Waals surface area (Å²) in [6.07, 6.45) is 2.43. The first kappa shape index (κ1) is 12.5. The number of hydrogen-bond acceptors (Lipinski definition) is 3. The molecule has 1 N–H and O–H groups in total. The van der Waals surface area contributed by atoms with E-state index in [0.29, 0.717) is 24.3 Å². The average Bonchev–Trinajstić information content (AvgIpc) is 2.30. The molecular formula is C13H18ClNO2. The van der Waals surface area contributed by atoms with Crippen LogP contribution in [0.2, 0.25) is 0 Å². The predicted molar refractivity (Wildman–Crippen MR) is 69.2 cm³/mol. The fourth-order valence-corrected chi connectivity index (χ4v) is 2.99. The minimum Gasteiger partial charge on any atom is -0.504 e. The van der Waals surface area contributed by atoms with E-state index in [1.807, 2.05) is 6.07 Å². The van der Waals surface area contributed by atoms with Crippen LogP contribution in [0, 0.1) is 0 Å². The molecule has 1 fully saturated rings. The lowest BCUT2D eigenvalue weighted by Crippen LogP contribution is -2.47. The number of aromatic hydroxyl groups is 1. The SMILES string of the molecule is CN1CCC[C@@H]2c3cccc(O)c3OC[C@H]21.Cl. The number of nitrogens with zero attached hydrogens (tertiary/aromatic N) is 1. The molecule has 0 radical (unpaired) electrons. The number of phenolic OH excluding ortho intramolecular Hbond substituents is 1. The van der Waals surface area contributed by atoms with Gasteiger partial charge in [0, 0.05) is 11.5 Å². The summed E-state index contributed by atoms with van der Waals surface area (Å²) in [5, 5.41) is 9.77. The molecule has 3 nitrogen and oxygen atoms in total. The third-order valence-electron chi connectivity index (χ3n) is 3.88. The van der Waals surface area contributed by atoms with Crippen LogP contribution in [0.1, 0.15) is 24.3 Å². The Kier molecular flexibility index (Phi) is 3.50. The second-order valence-electron chi connectivity index (χ2n) is 4.80. The van der Waals surface area contributed by atoms with Gasteiger partial charge >= 0.3 is 0 Å². The first-order chi connectivity index (χ1) is 7.77. The van der Waals surface area contributed by atoms with Gasteiger partial charge in [0.25, 0.3) is 0 Å². The average molecular weight is 256 g/mol. The fraction of sp³-hybridized carbons (Fsp3) is 0.538. The number of benzene rings is 1. The molecule has 2 aliphatic rings. The highest BCUT2D eigenvalue weighted by molar-refractivity contribution is 5.85. The Morgan fingerprint density at radius 3 is 3.06 bits per heavy atom. The summed E-state index contributed by atoms with van der Waals surface area (Å²) < 4.78 is 5.70. The number of para-hydroxylation sites is 1. The summed E-state index contributed by atoms with van der Waals surface area (Å²) >= 11 is 0. The van der Waals surface area contributed by atoms with Crippen LogP contribution in [-0.4, -0.2) is 36.2 Å². The molecule has 0 bridgehead atoms. The molecule has 0 aliphatic carbocycles. The molecule has 1 saturated heterocycles. The number of halogens is 1. The van der Waals surface area contributed by atoms with E-state index in [4.69, 9.17) is 4.74 Å². The number of ether oxygens (including phenoxy) is 1. The van der Waals surface area contributed by atoms with Gasteiger partial charge in [0.05, 0.1) is 6.04 Å². The van der Waals surface area contributed by atoms with Crippen LogP contribution < -0.4 is 4.74 Å². The number of fused-ring (bicyclic) bond motifs is 3. The van der Waals surface area contributed by atoms with Crippen LogP contribution in [0.25, 0.3) is 0 Å². The zero-order valence-electron chi connectivity index (χ0n) is 9.93. The van der Waals surface area contributed by atoms with Gasteiger partial charge in [-0.05, 0) is 32.5 Å². The monoisotopic (exact) mass is 255 g/mol. The second kappa shape index (κ2) is 4.75. The zero-order valence-corrected chi connectivity index (χ0v) is 10.7. The Labute approximate surface area is 108 Å². The van der Waals surface area contributed by atoms with Gasteiger partial charge in [-0.2, -0.15) is 0 Å². The van der Waals surface area contributed by atoms with Crippen molar-refractivity contribution >= 4 is 12.4 Å². The number of likely N-dealkylation sites (N-methyl/N-ethyl adjacent to an activating group) is 1. The summed E-state index contributed by atoms with van der Waals surface area (Å²) in [7, 11) is 2.16. The number of piperidine rings is 1. The van der Waals surface area contributed by atoms with Gasteiger partial charge < -0.3 is 9.84 Å². The summed E-state index contributed by atoms with van der Waals surface area (Å²) in [4.78, 5) is 2.38. The van der Waals surface area contributed by atoms with Crippen LogP contribution in [0.15, 0.2) is 18.2 Å². The molecule has 0 aromatic heterocycles. The highest BCUT2D eigenvalue weighted by atomic mass is 35.5. The smallest absolute Gasteiger partial charge is 0.164 e. The van der Waals surface area contributed by atoms with E-state index in [9.17, 15) is 5.11 Å². The van der Waals surface area contributed by atoms with Gasteiger partial charge in [0.2, 0.25) is 0 Å². The molecule has 2 atom stereocenters. The van der Waals surface area contributed by atoms with Crippen molar-refractivity contribution < 1.29 is 9.84 Å². The minimum absolute atomic E-state index is 0. The molecule has 2 aliphatic heterocycles. The molecule has 0 amide bonds. The van der Waals surface area contributed by atoms with Crippen molar-refractivity contribution in [3.05, 3.63) is 23.8 Å². The highest BCUT2D eigenvalue weighted by Gasteiger charge is 2.36. The maximum Gasteiger partial charge on any atom is 0.164 e. The summed E-state index contributed by atoms with van der Waals surface area (Å²) in [6.45, 7) is 1.85. The molecule has 1 aromatic rings. The standard InChI is InChI=1S/C13H17NO2.ClH/c1-14-7-3-5-9-10-4-2-6-12(15)13(10)16-8-11(9)14;/h2,4,6,9,11,15H,3,5,7-8H2,1H3;1H/t9-,11-;/m1./s1. The van der Waals surface area contributed by atoms with E-state index >= 15 is 0 Å². The van der Waals surface area contributed by atoms with Crippen LogP contribution in [0.3, 0.4) is 0 Å². The second-order valence-corrected chi connectivity index (χ2v) is 4.80. The molecule has 0 saturated carbocycles. The van der Waals surface area contributed by atoms with E-state index in [1.165, 1.54) is 18.4 Å². The molecule has 2 heterocycles. The molecular weight excluding hydrogens is 238 g/mol. The Hall–Kier alpha value is -0.930. The zero-order chi connectivity index (χ0) is 11.1. The van der Waals surface area contributed by atoms with Gasteiger partial charge in [-0.25, -0.2) is 0 Å². The van der Waals surface area contributed by atoms with E-state index in [-0.39, 0.29) is 18.2 Å². The van der Waals surface area contributed by atoms with Crippen molar-refractivity contribution in [3.63, 3.8) is 0 Å². The van der Waals surface area contributed by atoms with Gasteiger partial charge in [-0.3, -0.25) is 4.90 Å². The number of phenols is 1. The third kappa shape index (κ3) is 1.98. The summed E-state index contributed by atoms with van der Waals surface area (Å²) in [6, 6.07) is 6.17. The van der Waals surface area contributed by atoms with Crippen LogP contribution >= 0.6 is 12.4 Å². The van der Waals surface area contributed by atoms with E-state index in [2.05, 4.69) is 18.0 Å². The lowest BCUT2D eigenvalue weighted by Gasteiger charge is -2.42. The third-order valence-corrected chi connectivity index (χ3v) is 3.88. The van der Waals surface area contributed by atoms with Gasteiger partial charge in [-0.15, -0.1) is 12.4 Å². The van der Waals surface area contributed by atoms with E-state index < -0.39 is 0 Å². The minimum atomic E-state index is 0. The molecule has 0 unspecified atom stereocenters. The summed E-state index contributed by atoms with van der Waals surface area (Å²) in [5.41, 5.74) is 1.18. The van der Waals surface area contributed by atoms with E-state index in [1.54, 1.807) is 6.07 Å². The van der Waals surface area contributed by atoms with Gasteiger partial charge in [0.15, 0.2) is 11.5 Å². The van der Waals surface area contributed by atoms with Gasteiger partial charge in [0.1, 0.15) is 6.61 Å². The lowest BCUT2D eigenvalue weighted by atomic mass is 9.82. The predicted octanol–water partition coefficient (Wildman–Crippen LogP) is 2.38. The van der Waals surface area contributed by atoms with Crippen molar-refractivity contribution in [1.82, 2.24) is 4.90 Å². The molecule has 94 valence electrons. The maximum absolute atomic E-state index is 9.77. The number of hydrogen-bond donors (Lipinski definition) is 1. The first-order valence-corrected chi connectivity index (χ1v) is 5.92. The van der Waals surface area contributed by atoms with Crippen molar-refractivity contribution in [3.8, 4) is 11.5 Å². The van der Waals surface area contributed by atoms with Crippen molar-refractivity contribution in [2.75, 3.05) is 20.2 Å². The molecule has 1 aromatic carbocycles. The maximum atomic E-state index is 9.77. The van der Waals surface area contributed by atoms with Gasteiger partial charge in [-0.1, -0.05) is 12.1 Å². The van der Waals surface area contributed by atoms with Crippen LogP contribution in [0.5, 0.6) is 11.5 Å². The number of likely N-dealkylation sites (tertiary alicyclic amines) is 1. The topological polar surface area (TPSA) is 32.7 Å². The lowest BCUT2D eigenvalue weighted by molar-refractivity contribution is 0.0849. The molecule has 0 spiro atoms. The van der Waals surface area contributed by atoms with Crippen molar-refractivity contribution in [2.45, 2.75) is 24.8 Å². The van der Waals surface area contributed by atoms with E-state index in [0.717, 1.165) is 6.54 Å². The summed E-state index contributed by atoms with van der Waals surface area (Å²) in [5.74, 6) is 1.51. The Morgan fingerprint density at radius 2 is 2.24 bits per heavy atom. The Morgan fingerprint density at radius 1 is 1.41 bits per heavy atom. The molecule has 17 heavy (non-hydrogen) atoms. The Balaban J connectivity index is 0.00000108. The quantitative estimate of drug-likeness (QED) is 0.773. The van der Waals surface area contributed by atoms with Crippen molar-refractivity contribution in [2.24, 2.45) is 0 Å². The fourth-order valence-electron chi connectivity index (χ4n) is 2.99. The highest BCUT2D eigenvalue weighted by Crippen LogP contribution is 2.44. The van der Waals surface area contributed by atoms with Crippen LogP contribution in [-0.2, 0) is 0 Å². The molecule has 3 rings (SSSR count). The van der Waals surface area contributed by atoms with Crippen LogP contribution in [0.4, 0.5) is 0 Å². The molecule has 4 heteroatoms. The largest absolute Gasteiger partial charge is 0.504 e.